The van der Waals surface area contributed by atoms with E-state index in [-0.39, 0.29) is 0 Å². The lowest BCUT2D eigenvalue weighted by atomic mass is 9.89. The number of hydrogen-bond acceptors (Lipinski definition) is 7. The van der Waals surface area contributed by atoms with Gasteiger partial charge in [0.1, 0.15) is 4.83 Å². The maximum absolute atomic E-state index is 4.73. The van der Waals surface area contributed by atoms with Crippen LogP contribution in [0.3, 0.4) is 0 Å². The minimum absolute atomic E-state index is 0.743. The van der Waals surface area contributed by atoms with E-state index in [4.69, 9.17) is 10.2 Å². The number of thiophene rings is 1. The Kier molecular flexibility index (Phi) is 8.01. The fourth-order valence-corrected chi connectivity index (χ4v) is 8.31. The topological polar surface area (TPSA) is 60.4 Å². The zero-order valence-corrected chi connectivity index (χ0v) is 23.1. The van der Waals surface area contributed by atoms with Crippen LogP contribution in [0.1, 0.15) is 89.0 Å². The van der Waals surface area contributed by atoms with E-state index in [1.54, 1.807) is 0 Å². The van der Waals surface area contributed by atoms with Crippen molar-refractivity contribution < 1.29 is 0 Å². The first-order chi connectivity index (χ1) is 16.7. The van der Waals surface area contributed by atoms with Gasteiger partial charge in [-0.1, -0.05) is 82.8 Å². The summed E-state index contributed by atoms with van der Waals surface area (Å²) in [6.45, 7) is 6.90. The Hall–Kier alpha value is -1.32. The lowest BCUT2D eigenvalue weighted by Gasteiger charge is -2.17. The van der Waals surface area contributed by atoms with Crippen molar-refractivity contribution in [2.45, 2.75) is 102 Å². The second kappa shape index (κ2) is 11.2. The van der Waals surface area contributed by atoms with Crippen molar-refractivity contribution in [3.63, 3.8) is 0 Å². The van der Waals surface area contributed by atoms with Gasteiger partial charge in [0.15, 0.2) is 16.0 Å². The Morgan fingerprint density at radius 1 is 0.853 bits per heavy atom. The number of fused-ring (bicyclic) bond motifs is 8. The van der Waals surface area contributed by atoms with E-state index in [0.29, 0.717) is 0 Å². The summed E-state index contributed by atoms with van der Waals surface area (Å²) in [6, 6.07) is 0. The van der Waals surface area contributed by atoms with Gasteiger partial charge in [-0.2, -0.15) is 0 Å². The Bertz CT molecular complexity index is 1260. The molecule has 0 N–H and O–H groups in total. The van der Waals surface area contributed by atoms with Crippen LogP contribution < -0.4 is 0 Å². The van der Waals surface area contributed by atoms with E-state index in [2.05, 4.69) is 39.8 Å². The first-order valence-electron chi connectivity index (χ1n) is 13.0. The minimum Gasteiger partial charge on any atom is -0.245 e. The number of aromatic nitrogens is 6. The Morgan fingerprint density at radius 2 is 1.53 bits per heavy atom. The predicted octanol–water partition coefficient (Wildman–Crippen LogP) is 7.46. The van der Waals surface area contributed by atoms with E-state index in [1.807, 2.05) is 34.9 Å². The van der Waals surface area contributed by atoms with Gasteiger partial charge in [-0.05, 0) is 43.6 Å². The maximum Gasteiger partial charge on any atom is 0.245 e. The lowest BCUT2D eigenvalue weighted by Crippen LogP contribution is -2.08. The van der Waals surface area contributed by atoms with Crippen LogP contribution in [0.2, 0.25) is 0 Å². The van der Waals surface area contributed by atoms with E-state index in [9.17, 15) is 0 Å². The SMILES string of the molecule is CCCCCCSc1nnc2c3c4c(sc3n3c(SCCCCCC)nnc3n12)CC(C)CC4. The van der Waals surface area contributed by atoms with Gasteiger partial charge in [0.25, 0.3) is 0 Å². The highest BCUT2D eigenvalue weighted by molar-refractivity contribution is 7.99. The Labute approximate surface area is 214 Å². The van der Waals surface area contributed by atoms with Gasteiger partial charge in [-0.3, -0.25) is 0 Å². The van der Waals surface area contributed by atoms with Crippen LogP contribution in [0.5, 0.6) is 0 Å². The van der Waals surface area contributed by atoms with Crippen LogP contribution in [0, 0.1) is 5.92 Å². The molecule has 1 unspecified atom stereocenters. The molecule has 1 aliphatic carbocycles. The average Bonchev–Trinajstić information content (AvgIpc) is 3.53. The molecule has 6 nitrogen and oxygen atoms in total. The Morgan fingerprint density at radius 3 is 2.24 bits per heavy atom. The summed E-state index contributed by atoms with van der Waals surface area (Å²) in [5, 5.41) is 22.0. The average molecular weight is 517 g/mol. The number of thioether (sulfide) groups is 2. The van der Waals surface area contributed by atoms with Gasteiger partial charge in [-0.15, -0.1) is 31.7 Å². The summed E-state index contributed by atoms with van der Waals surface area (Å²) in [6.07, 6.45) is 13.7. The van der Waals surface area contributed by atoms with Gasteiger partial charge < -0.3 is 0 Å². The molecule has 4 aromatic rings. The zero-order chi connectivity index (χ0) is 23.5. The molecule has 0 bridgehead atoms. The lowest BCUT2D eigenvalue weighted by molar-refractivity contribution is 0.509. The summed E-state index contributed by atoms with van der Waals surface area (Å²) in [7, 11) is 0. The van der Waals surface area contributed by atoms with Crippen molar-refractivity contribution in [2.24, 2.45) is 5.92 Å². The van der Waals surface area contributed by atoms with Crippen molar-refractivity contribution in [1.29, 1.82) is 0 Å². The van der Waals surface area contributed by atoms with Crippen molar-refractivity contribution in [3.8, 4) is 0 Å². The van der Waals surface area contributed by atoms with Crippen LogP contribution in [0.4, 0.5) is 0 Å². The second-order valence-corrected chi connectivity index (χ2v) is 12.8. The third-order valence-electron chi connectivity index (χ3n) is 6.83. The number of nitrogens with zero attached hydrogens (tertiary/aromatic N) is 6. The van der Waals surface area contributed by atoms with E-state index >= 15 is 0 Å². The van der Waals surface area contributed by atoms with Crippen LogP contribution in [0.15, 0.2) is 10.3 Å². The molecule has 1 atom stereocenters. The summed E-state index contributed by atoms with van der Waals surface area (Å²) >= 11 is 5.59. The molecular weight excluding hydrogens is 481 g/mol. The molecule has 0 radical (unpaired) electrons. The molecule has 0 amide bonds. The summed E-state index contributed by atoms with van der Waals surface area (Å²) < 4.78 is 4.50. The van der Waals surface area contributed by atoms with Crippen LogP contribution >= 0.6 is 34.9 Å². The van der Waals surface area contributed by atoms with Gasteiger partial charge in [0, 0.05) is 16.4 Å². The molecule has 0 aliphatic heterocycles. The smallest absolute Gasteiger partial charge is 0.245 e. The number of hydrogen-bond donors (Lipinski definition) is 0. The van der Waals surface area contributed by atoms with Gasteiger partial charge >= 0.3 is 0 Å². The van der Waals surface area contributed by atoms with Crippen LogP contribution in [-0.4, -0.2) is 40.7 Å². The normalized spacial score (nSPS) is 16.3. The molecule has 9 heteroatoms. The minimum atomic E-state index is 0.743. The molecule has 0 fully saturated rings. The van der Waals surface area contributed by atoms with Crippen LogP contribution in [0.25, 0.3) is 21.6 Å². The highest BCUT2D eigenvalue weighted by atomic mass is 32.2. The quantitative estimate of drug-likeness (QED) is 0.144. The molecule has 0 saturated heterocycles. The van der Waals surface area contributed by atoms with Crippen molar-refractivity contribution in [1.82, 2.24) is 29.2 Å². The van der Waals surface area contributed by atoms with Gasteiger partial charge in [0.05, 0.1) is 5.39 Å². The third-order valence-corrected chi connectivity index (χ3v) is 10.1. The number of aryl methyl sites for hydroxylation is 1. The largest absolute Gasteiger partial charge is 0.245 e. The fraction of sp³-hybridized carbons (Fsp3) is 0.680. The highest BCUT2D eigenvalue weighted by Crippen LogP contribution is 2.41. The highest BCUT2D eigenvalue weighted by Gasteiger charge is 2.27. The van der Waals surface area contributed by atoms with Crippen molar-refractivity contribution >= 4 is 56.5 Å². The molecule has 4 aromatic heterocycles. The standard InChI is InChI=1S/C25H36N6S3/c1-4-6-8-10-14-32-24-28-26-21-20-18-13-12-17(3)16-19(18)34-22(20)31-23(30(21)24)27-29-25(31)33-15-11-9-7-5-2/h17H,4-16H2,1-3H3. The summed E-state index contributed by atoms with van der Waals surface area (Å²) in [5.74, 6) is 3.76. The molecule has 0 aromatic carbocycles. The van der Waals surface area contributed by atoms with Crippen molar-refractivity contribution in [3.05, 3.63) is 10.4 Å². The number of rotatable bonds is 12. The third kappa shape index (κ3) is 4.72. The molecule has 5 rings (SSSR count). The van der Waals surface area contributed by atoms with Crippen molar-refractivity contribution in [2.75, 3.05) is 11.5 Å². The zero-order valence-electron chi connectivity index (χ0n) is 20.7. The molecule has 184 valence electrons. The molecule has 4 heterocycles. The molecule has 0 saturated carbocycles. The molecule has 0 spiro atoms. The molecular formula is C25H36N6S3. The van der Waals surface area contributed by atoms with E-state index in [0.717, 1.165) is 52.0 Å². The Balaban J connectivity index is 1.57. The maximum atomic E-state index is 4.73. The predicted molar refractivity (Wildman–Crippen MR) is 146 cm³/mol. The van der Waals surface area contributed by atoms with Gasteiger partial charge in [0.2, 0.25) is 5.78 Å². The summed E-state index contributed by atoms with van der Waals surface area (Å²) in [4.78, 5) is 2.78. The van der Waals surface area contributed by atoms with Gasteiger partial charge in [-0.25, -0.2) is 8.80 Å². The van der Waals surface area contributed by atoms with Crippen LogP contribution in [-0.2, 0) is 12.8 Å². The number of unbranched alkanes of at least 4 members (excludes halogenated alkanes) is 6. The first-order valence-corrected chi connectivity index (χ1v) is 15.8. The van der Waals surface area contributed by atoms with E-state index < -0.39 is 0 Å². The molecule has 34 heavy (non-hydrogen) atoms. The fourth-order valence-electron chi connectivity index (χ4n) is 4.89. The first kappa shape index (κ1) is 24.4. The summed E-state index contributed by atoms with van der Waals surface area (Å²) in [5.41, 5.74) is 2.46. The molecule has 1 aliphatic rings. The van der Waals surface area contributed by atoms with E-state index in [1.165, 1.54) is 78.4 Å². The second-order valence-electron chi connectivity index (χ2n) is 9.61. The monoisotopic (exact) mass is 516 g/mol.